The minimum Gasteiger partial charge on any atom is -0.493 e. The van der Waals surface area contributed by atoms with Crippen molar-refractivity contribution < 1.29 is 43.5 Å². The molecule has 0 bridgehead atoms. The van der Waals surface area contributed by atoms with Crippen LogP contribution in [0.4, 0.5) is 0 Å². The zero-order valence-electron chi connectivity index (χ0n) is 18.1. The van der Waals surface area contributed by atoms with Gasteiger partial charge in [0.15, 0.2) is 17.3 Å². The number of ether oxygens (including phenoxy) is 3. The number of rotatable bonds is 8. The molecule has 0 fully saturated rings. The van der Waals surface area contributed by atoms with Crippen LogP contribution >= 0.6 is 0 Å². The smallest absolute Gasteiger partial charge is 0.414 e. The second-order valence-electron chi connectivity index (χ2n) is 6.80. The second-order valence-corrected chi connectivity index (χ2v) is 6.80. The normalized spacial score (nSPS) is 11.7. The molecule has 0 aliphatic heterocycles. The van der Waals surface area contributed by atoms with E-state index in [1.165, 1.54) is 0 Å². The molecule has 32 heavy (non-hydrogen) atoms. The largest absolute Gasteiger partial charge is 0.493 e. The topological polar surface area (TPSA) is 162 Å². The molecule has 10 heteroatoms. The molecular weight excluding hydrogens is 422 g/mol. The maximum atomic E-state index is 9.17. The van der Waals surface area contributed by atoms with Crippen molar-refractivity contribution in [2.24, 2.45) is 5.73 Å². The number of aliphatic carboxylic acids is 2. The Morgan fingerprint density at radius 2 is 1.75 bits per heavy atom. The van der Waals surface area contributed by atoms with E-state index in [1.807, 2.05) is 19.1 Å². The van der Waals surface area contributed by atoms with Crippen molar-refractivity contribution in [1.82, 2.24) is 0 Å². The van der Waals surface area contributed by atoms with E-state index in [0.29, 0.717) is 35.9 Å². The monoisotopic (exact) mass is 449 g/mol. The Balaban J connectivity index is 0.000000751. The number of nitrogens with two attached hydrogens (primary N) is 1. The summed E-state index contributed by atoms with van der Waals surface area (Å²) >= 11 is 0. The molecule has 0 amide bonds. The van der Waals surface area contributed by atoms with E-state index >= 15 is 0 Å². The van der Waals surface area contributed by atoms with Crippen LogP contribution < -0.4 is 19.9 Å². The molecule has 2 aromatic rings. The predicted molar refractivity (Wildman–Crippen MR) is 114 cm³/mol. The van der Waals surface area contributed by atoms with Gasteiger partial charge in [0.05, 0.1) is 20.8 Å². The zero-order valence-corrected chi connectivity index (χ0v) is 18.1. The van der Waals surface area contributed by atoms with E-state index in [0.717, 1.165) is 5.76 Å². The van der Waals surface area contributed by atoms with E-state index in [9.17, 15) is 5.11 Å². The van der Waals surface area contributed by atoms with Gasteiger partial charge >= 0.3 is 11.9 Å². The summed E-state index contributed by atoms with van der Waals surface area (Å²) in [6, 6.07) is 8.99. The molecule has 5 N–H and O–H groups in total. The summed E-state index contributed by atoms with van der Waals surface area (Å²) in [5, 5.41) is 24.0. The van der Waals surface area contributed by atoms with Gasteiger partial charge in [0.1, 0.15) is 18.1 Å². The van der Waals surface area contributed by atoms with Crippen LogP contribution in [0.2, 0.25) is 0 Å². The van der Waals surface area contributed by atoms with Crippen molar-refractivity contribution in [3.05, 3.63) is 41.9 Å². The predicted octanol–water partition coefficient (Wildman–Crippen LogP) is 1.53. The molecule has 0 unspecified atom stereocenters. The van der Waals surface area contributed by atoms with Gasteiger partial charge in [0, 0.05) is 18.0 Å². The van der Waals surface area contributed by atoms with Gasteiger partial charge in [-0.3, -0.25) is 0 Å². The van der Waals surface area contributed by atoms with Crippen molar-refractivity contribution in [2.45, 2.75) is 25.3 Å². The molecule has 0 aliphatic carbocycles. The molecule has 0 spiro atoms. The van der Waals surface area contributed by atoms with Gasteiger partial charge in [-0.2, -0.15) is 0 Å². The fourth-order valence-corrected chi connectivity index (χ4v) is 2.22. The van der Waals surface area contributed by atoms with E-state index in [1.54, 1.807) is 32.4 Å². The highest BCUT2D eigenvalue weighted by atomic mass is 16.5. The van der Waals surface area contributed by atoms with E-state index < -0.39 is 17.5 Å². The molecule has 0 saturated heterocycles. The SMILES string of the molecule is COc1ccc(OCC#Cc2ccc(CC[C@@](C)(N)CO)o2)cc1OC.O=C(O)C(=O)O. The molecule has 1 heterocycles. The number of aryl methyl sites for hydroxylation is 1. The van der Waals surface area contributed by atoms with Gasteiger partial charge in [-0.05, 0) is 43.5 Å². The Bertz CT molecular complexity index is 942. The Kier molecular flexibility index (Phi) is 10.6. The number of hydrogen-bond acceptors (Lipinski definition) is 8. The number of methoxy groups -OCH3 is 2. The summed E-state index contributed by atoms with van der Waals surface area (Å²) in [6.45, 7) is 1.97. The summed E-state index contributed by atoms with van der Waals surface area (Å²) in [7, 11) is 3.16. The molecular formula is C22H27NO9. The third kappa shape index (κ3) is 9.42. The standard InChI is InChI=1S/C20H25NO5.C2H2O4/c1-20(21,14-22)11-10-16-7-6-15(26-16)5-4-12-25-17-8-9-18(23-2)19(13-17)24-3;3-1(4)2(5)6/h6-9,13,22H,10-12,14,21H2,1-3H3;(H,3,4)(H,5,6)/t20-;/m1./s1. The summed E-state index contributed by atoms with van der Waals surface area (Å²) in [5.74, 6) is 5.43. The van der Waals surface area contributed by atoms with Crippen molar-refractivity contribution in [1.29, 1.82) is 0 Å². The summed E-state index contributed by atoms with van der Waals surface area (Å²) in [5.41, 5.74) is 5.30. The zero-order chi connectivity index (χ0) is 24.1. The van der Waals surface area contributed by atoms with Crippen molar-refractivity contribution in [3.63, 3.8) is 0 Å². The number of benzene rings is 1. The molecule has 2 rings (SSSR count). The number of hydrogen-bond donors (Lipinski definition) is 4. The quantitative estimate of drug-likeness (QED) is 0.343. The van der Waals surface area contributed by atoms with Gasteiger partial charge in [-0.1, -0.05) is 5.92 Å². The number of carboxylic acids is 2. The first-order valence-corrected chi connectivity index (χ1v) is 9.40. The number of furan rings is 1. The van der Waals surface area contributed by atoms with Crippen LogP contribution in [0.1, 0.15) is 24.9 Å². The minimum absolute atomic E-state index is 0.0617. The molecule has 1 aromatic heterocycles. The van der Waals surface area contributed by atoms with Crippen LogP contribution in [-0.4, -0.2) is 60.2 Å². The highest BCUT2D eigenvalue weighted by Crippen LogP contribution is 2.30. The van der Waals surface area contributed by atoms with E-state index in [2.05, 4.69) is 11.8 Å². The van der Waals surface area contributed by atoms with Crippen LogP contribution in [0, 0.1) is 11.8 Å². The lowest BCUT2D eigenvalue weighted by Gasteiger charge is -2.20. The number of carbonyl (C=O) groups is 2. The van der Waals surface area contributed by atoms with Crippen molar-refractivity contribution in [2.75, 3.05) is 27.4 Å². The van der Waals surface area contributed by atoms with Gasteiger partial charge in [-0.15, -0.1) is 0 Å². The number of aliphatic hydroxyl groups excluding tert-OH is 1. The van der Waals surface area contributed by atoms with Crippen molar-refractivity contribution >= 4 is 11.9 Å². The Labute approximate surface area is 185 Å². The summed E-state index contributed by atoms with van der Waals surface area (Å²) in [6.07, 6.45) is 1.28. The van der Waals surface area contributed by atoms with E-state index in [4.69, 9.17) is 44.2 Å². The molecule has 1 aromatic carbocycles. The van der Waals surface area contributed by atoms with Gasteiger partial charge in [0.2, 0.25) is 0 Å². The van der Waals surface area contributed by atoms with Crippen LogP contribution in [0.3, 0.4) is 0 Å². The maximum Gasteiger partial charge on any atom is 0.414 e. The Morgan fingerprint density at radius 3 is 2.31 bits per heavy atom. The molecule has 0 radical (unpaired) electrons. The molecule has 0 aliphatic rings. The first-order valence-electron chi connectivity index (χ1n) is 9.40. The van der Waals surface area contributed by atoms with Crippen LogP contribution in [0.15, 0.2) is 34.7 Å². The molecule has 1 atom stereocenters. The van der Waals surface area contributed by atoms with Crippen LogP contribution in [0.5, 0.6) is 17.2 Å². The lowest BCUT2D eigenvalue weighted by Crippen LogP contribution is -2.40. The summed E-state index contributed by atoms with van der Waals surface area (Å²) in [4.78, 5) is 18.2. The molecule has 0 saturated carbocycles. The van der Waals surface area contributed by atoms with Gasteiger partial charge in [-0.25, -0.2) is 9.59 Å². The number of carboxylic acid groups (broad SMARTS) is 2. The molecule has 10 nitrogen and oxygen atoms in total. The van der Waals surface area contributed by atoms with E-state index in [-0.39, 0.29) is 13.2 Å². The van der Waals surface area contributed by atoms with Crippen LogP contribution in [-0.2, 0) is 16.0 Å². The summed E-state index contributed by atoms with van der Waals surface area (Å²) < 4.78 is 21.6. The Morgan fingerprint density at radius 1 is 1.09 bits per heavy atom. The first-order chi connectivity index (χ1) is 15.1. The highest BCUT2D eigenvalue weighted by Gasteiger charge is 2.17. The van der Waals surface area contributed by atoms with Crippen LogP contribution in [0.25, 0.3) is 0 Å². The third-order valence-corrected chi connectivity index (χ3v) is 4.03. The molecule has 174 valence electrons. The average molecular weight is 449 g/mol. The Hall–Kier alpha value is -3.68. The fourth-order valence-electron chi connectivity index (χ4n) is 2.22. The number of aliphatic hydroxyl groups is 1. The third-order valence-electron chi connectivity index (χ3n) is 4.03. The fraction of sp³-hybridized carbons (Fsp3) is 0.364. The lowest BCUT2D eigenvalue weighted by atomic mass is 9.98. The first kappa shape index (κ1) is 26.4. The minimum atomic E-state index is -1.82. The maximum absolute atomic E-state index is 9.17. The average Bonchev–Trinajstić information content (AvgIpc) is 3.23. The van der Waals surface area contributed by atoms with Crippen molar-refractivity contribution in [3.8, 4) is 29.1 Å². The highest BCUT2D eigenvalue weighted by molar-refractivity contribution is 6.27. The van der Waals surface area contributed by atoms with Gasteiger partial charge in [0.25, 0.3) is 0 Å². The lowest BCUT2D eigenvalue weighted by molar-refractivity contribution is -0.159. The van der Waals surface area contributed by atoms with Gasteiger partial charge < -0.3 is 39.7 Å². The second kappa shape index (κ2) is 12.9.